The molecule has 2 atom stereocenters. The summed E-state index contributed by atoms with van der Waals surface area (Å²) in [4.78, 5) is 24.2. The molecular formula is C14H17N3O3S. The molecule has 1 saturated heterocycles. The number of hydrogen-bond donors (Lipinski definition) is 3. The van der Waals surface area contributed by atoms with Gasteiger partial charge in [0.1, 0.15) is 6.04 Å². The van der Waals surface area contributed by atoms with Crippen LogP contribution in [0.15, 0.2) is 24.3 Å². The Morgan fingerprint density at radius 2 is 2.00 bits per heavy atom. The Labute approximate surface area is 127 Å². The van der Waals surface area contributed by atoms with Gasteiger partial charge < -0.3 is 21.1 Å². The first-order valence-corrected chi connectivity index (χ1v) is 6.95. The highest BCUT2D eigenvalue weighted by Gasteiger charge is 2.36. The largest absolute Gasteiger partial charge is 0.391 e. The van der Waals surface area contributed by atoms with Crippen molar-refractivity contribution < 1.29 is 14.7 Å². The molecule has 1 amide bonds. The number of carbonyl (C=O) groups excluding carboxylic acids is 2. The van der Waals surface area contributed by atoms with E-state index in [0.717, 1.165) is 0 Å². The van der Waals surface area contributed by atoms with Crippen molar-refractivity contribution in [3.05, 3.63) is 29.8 Å². The lowest BCUT2D eigenvalue weighted by atomic mass is 10.1. The Morgan fingerprint density at radius 1 is 1.38 bits per heavy atom. The van der Waals surface area contributed by atoms with E-state index in [2.05, 4.69) is 5.32 Å². The van der Waals surface area contributed by atoms with Gasteiger partial charge in [-0.25, -0.2) is 0 Å². The highest BCUT2D eigenvalue weighted by Crippen LogP contribution is 2.20. The molecule has 0 aliphatic carbocycles. The molecule has 1 aliphatic heterocycles. The van der Waals surface area contributed by atoms with Gasteiger partial charge in [0.05, 0.1) is 6.10 Å². The molecule has 1 aliphatic rings. The van der Waals surface area contributed by atoms with Crippen LogP contribution < -0.4 is 11.1 Å². The number of ketones is 1. The van der Waals surface area contributed by atoms with E-state index in [1.54, 1.807) is 29.2 Å². The van der Waals surface area contributed by atoms with Gasteiger partial charge in [-0.05, 0) is 43.4 Å². The maximum atomic E-state index is 11.4. The lowest BCUT2D eigenvalue weighted by Gasteiger charge is -2.25. The van der Waals surface area contributed by atoms with Gasteiger partial charge in [0.25, 0.3) is 0 Å². The van der Waals surface area contributed by atoms with E-state index in [1.807, 2.05) is 0 Å². The Kier molecular flexibility index (Phi) is 4.54. The predicted molar refractivity (Wildman–Crippen MR) is 83.0 cm³/mol. The number of aliphatic hydroxyl groups is 1. The SMILES string of the molecule is CC(=O)c1ccc(NC(=S)N2CC(O)CC2C(N)=O)cc1. The Balaban J connectivity index is 2.06. The second-order valence-corrected chi connectivity index (χ2v) is 5.41. The van der Waals surface area contributed by atoms with Gasteiger partial charge in [-0.1, -0.05) is 0 Å². The molecule has 0 aromatic heterocycles. The molecule has 1 fully saturated rings. The third-order valence-electron chi connectivity index (χ3n) is 3.41. The van der Waals surface area contributed by atoms with E-state index in [9.17, 15) is 14.7 Å². The summed E-state index contributed by atoms with van der Waals surface area (Å²) in [6.07, 6.45) is -0.345. The van der Waals surface area contributed by atoms with E-state index >= 15 is 0 Å². The van der Waals surface area contributed by atoms with Crippen LogP contribution in [0.1, 0.15) is 23.7 Å². The van der Waals surface area contributed by atoms with Gasteiger partial charge in [-0.15, -0.1) is 0 Å². The molecule has 1 aromatic rings. The van der Waals surface area contributed by atoms with E-state index in [0.29, 0.717) is 16.4 Å². The molecule has 21 heavy (non-hydrogen) atoms. The van der Waals surface area contributed by atoms with Crippen molar-refractivity contribution in [1.29, 1.82) is 0 Å². The van der Waals surface area contributed by atoms with Crippen molar-refractivity contribution >= 4 is 34.7 Å². The van der Waals surface area contributed by atoms with Gasteiger partial charge in [-0.2, -0.15) is 0 Å². The second-order valence-electron chi connectivity index (χ2n) is 5.02. The number of Topliss-reactive ketones (excluding diaryl/α,β-unsaturated/α-hetero) is 1. The molecule has 1 heterocycles. The number of amides is 1. The summed E-state index contributed by atoms with van der Waals surface area (Å²) in [5.74, 6) is -0.525. The zero-order valence-electron chi connectivity index (χ0n) is 11.6. The van der Waals surface area contributed by atoms with Crippen LogP contribution >= 0.6 is 12.2 Å². The molecule has 6 nitrogen and oxygen atoms in total. The van der Waals surface area contributed by atoms with Crippen molar-refractivity contribution in [2.75, 3.05) is 11.9 Å². The topological polar surface area (TPSA) is 95.7 Å². The van der Waals surface area contributed by atoms with Crippen LogP contribution in [0.25, 0.3) is 0 Å². The minimum Gasteiger partial charge on any atom is -0.391 e. The van der Waals surface area contributed by atoms with Crippen LogP contribution in [0.5, 0.6) is 0 Å². The molecule has 0 radical (unpaired) electrons. The molecule has 0 spiro atoms. The fourth-order valence-corrected chi connectivity index (χ4v) is 2.61. The maximum Gasteiger partial charge on any atom is 0.240 e. The van der Waals surface area contributed by atoms with E-state index in [1.165, 1.54) is 6.92 Å². The van der Waals surface area contributed by atoms with Crippen molar-refractivity contribution in [3.63, 3.8) is 0 Å². The van der Waals surface area contributed by atoms with E-state index in [4.69, 9.17) is 18.0 Å². The number of anilines is 1. The van der Waals surface area contributed by atoms with Crippen LogP contribution in [-0.4, -0.2) is 45.5 Å². The lowest BCUT2D eigenvalue weighted by molar-refractivity contribution is -0.121. The predicted octanol–water partition coefficient (Wildman–Crippen LogP) is 0.506. The average Bonchev–Trinajstić information content (AvgIpc) is 2.82. The van der Waals surface area contributed by atoms with Gasteiger partial charge in [-0.3, -0.25) is 9.59 Å². The normalized spacial score (nSPS) is 21.1. The average molecular weight is 307 g/mol. The second kappa shape index (κ2) is 6.19. The minimum atomic E-state index is -0.623. The molecule has 112 valence electrons. The monoisotopic (exact) mass is 307 g/mol. The zero-order chi connectivity index (χ0) is 15.6. The fraction of sp³-hybridized carbons (Fsp3) is 0.357. The lowest BCUT2D eigenvalue weighted by Crippen LogP contribution is -2.45. The number of thiocarbonyl (C=S) groups is 1. The van der Waals surface area contributed by atoms with E-state index < -0.39 is 18.1 Å². The molecule has 2 rings (SSSR count). The van der Waals surface area contributed by atoms with Crippen molar-refractivity contribution in [3.8, 4) is 0 Å². The molecule has 2 unspecified atom stereocenters. The highest BCUT2D eigenvalue weighted by molar-refractivity contribution is 7.80. The molecule has 7 heteroatoms. The summed E-state index contributed by atoms with van der Waals surface area (Å²) in [6, 6.07) is 6.25. The third-order valence-corrected chi connectivity index (χ3v) is 3.75. The Morgan fingerprint density at radius 3 is 2.52 bits per heavy atom. The summed E-state index contributed by atoms with van der Waals surface area (Å²) >= 11 is 5.26. The number of carbonyl (C=O) groups is 2. The zero-order valence-corrected chi connectivity index (χ0v) is 12.4. The van der Waals surface area contributed by atoms with Crippen molar-refractivity contribution in [2.24, 2.45) is 5.73 Å². The minimum absolute atomic E-state index is 0.0133. The smallest absolute Gasteiger partial charge is 0.240 e. The number of nitrogens with two attached hydrogens (primary N) is 1. The maximum absolute atomic E-state index is 11.4. The number of β-amino-alcohol motifs (C(OH)–C–C–N with tert-alkyl or cyclic N) is 1. The number of nitrogens with zero attached hydrogens (tertiary/aromatic N) is 1. The third kappa shape index (κ3) is 3.56. The number of benzene rings is 1. The van der Waals surface area contributed by atoms with Gasteiger partial charge in [0.2, 0.25) is 5.91 Å². The number of rotatable bonds is 3. The van der Waals surface area contributed by atoms with Crippen LogP contribution in [0.3, 0.4) is 0 Å². The molecule has 0 saturated carbocycles. The number of hydrogen-bond acceptors (Lipinski definition) is 4. The Bertz CT molecular complexity index is 573. The quantitative estimate of drug-likeness (QED) is 0.556. The van der Waals surface area contributed by atoms with Crippen LogP contribution in [0, 0.1) is 0 Å². The standard InChI is InChI=1S/C14H17N3O3S/c1-8(18)9-2-4-10(5-3-9)16-14(21)17-7-11(19)6-12(17)13(15)20/h2-5,11-12,19H,6-7H2,1H3,(H2,15,20)(H,16,21). The van der Waals surface area contributed by atoms with Crippen LogP contribution in [-0.2, 0) is 4.79 Å². The van der Waals surface area contributed by atoms with Crippen LogP contribution in [0.2, 0.25) is 0 Å². The molecule has 4 N–H and O–H groups in total. The van der Waals surface area contributed by atoms with Gasteiger partial charge in [0.15, 0.2) is 10.9 Å². The van der Waals surface area contributed by atoms with Crippen molar-refractivity contribution in [1.82, 2.24) is 4.90 Å². The van der Waals surface area contributed by atoms with E-state index in [-0.39, 0.29) is 18.7 Å². The first-order chi connectivity index (χ1) is 9.88. The first-order valence-electron chi connectivity index (χ1n) is 6.54. The summed E-state index contributed by atoms with van der Waals surface area (Å²) in [5.41, 5.74) is 6.63. The van der Waals surface area contributed by atoms with Gasteiger partial charge >= 0.3 is 0 Å². The molecule has 0 bridgehead atoms. The summed E-state index contributed by atoms with van der Waals surface area (Å²) < 4.78 is 0. The number of aliphatic hydroxyl groups excluding tert-OH is 1. The number of likely N-dealkylation sites (tertiary alicyclic amines) is 1. The summed E-state index contributed by atoms with van der Waals surface area (Å²) in [6.45, 7) is 1.76. The number of primary amides is 1. The summed E-state index contributed by atoms with van der Waals surface area (Å²) in [5, 5.41) is 13.0. The fourth-order valence-electron chi connectivity index (χ4n) is 2.29. The van der Waals surface area contributed by atoms with Crippen LogP contribution in [0.4, 0.5) is 5.69 Å². The van der Waals surface area contributed by atoms with Gasteiger partial charge in [0, 0.05) is 24.2 Å². The van der Waals surface area contributed by atoms with Crippen molar-refractivity contribution in [2.45, 2.75) is 25.5 Å². The molecule has 1 aromatic carbocycles. The molecular weight excluding hydrogens is 290 g/mol. The highest BCUT2D eigenvalue weighted by atomic mass is 32.1. The summed E-state index contributed by atoms with van der Waals surface area (Å²) in [7, 11) is 0. The Hall–Kier alpha value is -1.99. The first kappa shape index (κ1) is 15.4. The number of nitrogens with one attached hydrogen (secondary N) is 1.